The second-order valence-corrected chi connectivity index (χ2v) is 7.94. The molecule has 0 radical (unpaired) electrons. The zero-order valence-electron chi connectivity index (χ0n) is 20.0. The second-order valence-electron chi connectivity index (χ2n) is 7.94. The monoisotopic (exact) mass is 540 g/mol. The van der Waals surface area contributed by atoms with Crippen molar-refractivity contribution in [1.82, 2.24) is 20.0 Å². The summed E-state index contributed by atoms with van der Waals surface area (Å²) >= 11 is 0. The number of aromatic amines is 1. The molecule has 1 aliphatic rings. The minimum absolute atomic E-state index is 0.0112. The molecule has 2 rings (SSSR count). The van der Waals surface area contributed by atoms with Crippen LogP contribution in [0.3, 0.4) is 0 Å². The quantitative estimate of drug-likeness (QED) is 0.308. The van der Waals surface area contributed by atoms with E-state index in [4.69, 9.17) is 9.47 Å². The summed E-state index contributed by atoms with van der Waals surface area (Å²) in [5.41, 5.74) is -3.83. The highest BCUT2D eigenvalue weighted by Crippen LogP contribution is 2.32. The maximum atomic E-state index is 13.0. The summed E-state index contributed by atoms with van der Waals surface area (Å²) in [6.07, 6.45) is -8.74. The lowest BCUT2D eigenvalue weighted by Gasteiger charge is -2.35. The second kappa shape index (κ2) is 12.7. The summed E-state index contributed by atoms with van der Waals surface area (Å²) < 4.78 is 87.5. The van der Waals surface area contributed by atoms with Gasteiger partial charge < -0.3 is 19.3 Å². The zero-order chi connectivity index (χ0) is 27.8. The molecule has 0 aliphatic carbocycles. The van der Waals surface area contributed by atoms with E-state index in [1.165, 1.54) is 11.8 Å². The number of nitrogens with one attached hydrogen (secondary N) is 1. The number of allylic oxidation sites excluding steroid dienone is 1. The van der Waals surface area contributed by atoms with Crippen LogP contribution in [0.2, 0.25) is 0 Å². The number of nitrogens with zero attached hydrogens (tertiary/aromatic N) is 5. The maximum absolute atomic E-state index is 13.0. The van der Waals surface area contributed by atoms with Crippen LogP contribution in [0.4, 0.5) is 26.3 Å². The Kier molecular flexibility index (Phi) is 10.2. The molecule has 206 valence electrons. The van der Waals surface area contributed by atoms with Gasteiger partial charge in [-0.25, -0.2) is 15.1 Å². The van der Waals surface area contributed by atoms with Crippen LogP contribution in [0.25, 0.3) is 0 Å². The molecule has 16 heteroatoms. The van der Waals surface area contributed by atoms with E-state index in [-0.39, 0.29) is 57.7 Å². The standard InChI is InChI=1S/C21H26F6N6O4/c1-13(20(22,23)24)10-29-19(28-3)33-7-5-32(6-8-33)16(34)4-9-36-14(2)12-37-15-11-30-31-18(35)17(15)21(25,26)27/h10-11,14H,3-9,12H2,1-2H3,(H,31,35)/b13-10+,29-19+/t14-/m0/s1. The average Bonchev–Trinajstić information content (AvgIpc) is 2.81. The fourth-order valence-corrected chi connectivity index (χ4v) is 3.13. The van der Waals surface area contributed by atoms with Crippen molar-refractivity contribution in [3.8, 4) is 5.75 Å². The Balaban J connectivity index is 1.79. The van der Waals surface area contributed by atoms with Crippen LogP contribution in [-0.2, 0) is 15.7 Å². The molecule has 1 aliphatic heterocycles. The Labute approximate surface area is 207 Å². The van der Waals surface area contributed by atoms with Crippen molar-refractivity contribution < 1.29 is 40.6 Å². The van der Waals surface area contributed by atoms with E-state index < -0.39 is 40.9 Å². The summed E-state index contributed by atoms with van der Waals surface area (Å²) in [6, 6.07) is 0. The third-order valence-electron chi connectivity index (χ3n) is 5.17. The first-order valence-electron chi connectivity index (χ1n) is 10.9. The normalized spacial score (nSPS) is 16.5. The average molecular weight is 540 g/mol. The van der Waals surface area contributed by atoms with E-state index in [0.717, 1.165) is 13.1 Å². The van der Waals surface area contributed by atoms with Crippen molar-refractivity contribution in [1.29, 1.82) is 0 Å². The number of ether oxygens (including phenoxy) is 2. The van der Waals surface area contributed by atoms with Gasteiger partial charge in [0.05, 0.1) is 25.3 Å². The maximum Gasteiger partial charge on any atom is 0.425 e. The molecule has 1 amide bonds. The van der Waals surface area contributed by atoms with Crippen LogP contribution in [0.1, 0.15) is 25.8 Å². The molecule has 2 heterocycles. The Bertz CT molecular complexity index is 1060. The summed E-state index contributed by atoms with van der Waals surface area (Å²) in [5.74, 6) is -0.970. The molecule has 1 aromatic rings. The van der Waals surface area contributed by atoms with Gasteiger partial charge in [-0.05, 0) is 20.6 Å². The van der Waals surface area contributed by atoms with Crippen molar-refractivity contribution in [3.05, 3.63) is 33.9 Å². The SMILES string of the molecule is C=N/C(=N\C=C(/C)C(F)(F)F)N1CCN(C(=O)CCO[C@@H](C)COc2cn[nH]c(=O)c2C(F)(F)F)CC1. The highest BCUT2D eigenvalue weighted by atomic mass is 19.4. The largest absolute Gasteiger partial charge is 0.488 e. The van der Waals surface area contributed by atoms with Crippen LogP contribution in [0, 0.1) is 0 Å². The smallest absolute Gasteiger partial charge is 0.425 e. The molecule has 0 aromatic carbocycles. The van der Waals surface area contributed by atoms with Crippen LogP contribution in [0.5, 0.6) is 5.75 Å². The third kappa shape index (κ3) is 8.87. The fraction of sp³-hybridized carbons (Fsp3) is 0.571. The number of carbonyl (C=O) groups excluding carboxylic acids is 1. The predicted octanol–water partition coefficient (Wildman–Crippen LogP) is 2.63. The van der Waals surface area contributed by atoms with Gasteiger partial charge in [-0.1, -0.05) is 0 Å². The summed E-state index contributed by atoms with van der Waals surface area (Å²) in [7, 11) is 0. The Morgan fingerprint density at radius 2 is 1.84 bits per heavy atom. The molecular formula is C21H26F6N6O4. The van der Waals surface area contributed by atoms with Crippen molar-refractivity contribution in [2.45, 2.75) is 38.7 Å². The lowest BCUT2D eigenvalue weighted by atomic mass is 10.2. The van der Waals surface area contributed by atoms with Gasteiger partial charge in [0.2, 0.25) is 11.9 Å². The molecule has 37 heavy (non-hydrogen) atoms. The molecule has 0 spiro atoms. The van der Waals surface area contributed by atoms with Gasteiger partial charge in [0.25, 0.3) is 5.56 Å². The minimum Gasteiger partial charge on any atom is -0.488 e. The number of piperazine rings is 1. The van der Waals surface area contributed by atoms with Crippen molar-refractivity contribution in [2.75, 3.05) is 39.4 Å². The lowest BCUT2D eigenvalue weighted by Crippen LogP contribution is -2.50. The lowest BCUT2D eigenvalue weighted by molar-refractivity contribution is -0.140. The number of guanidine groups is 1. The number of hydrogen-bond donors (Lipinski definition) is 1. The number of H-pyrrole nitrogens is 1. The Morgan fingerprint density at radius 1 is 1.22 bits per heavy atom. The first-order chi connectivity index (χ1) is 17.2. The number of amides is 1. The van der Waals surface area contributed by atoms with E-state index in [9.17, 15) is 35.9 Å². The van der Waals surface area contributed by atoms with Gasteiger partial charge >= 0.3 is 12.4 Å². The molecular weight excluding hydrogens is 514 g/mol. The van der Waals surface area contributed by atoms with Crippen LogP contribution >= 0.6 is 0 Å². The molecule has 1 fully saturated rings. The number of aromatic nitrogens is 2. The third-order valence-corrected chi connectivity index (χ3v) is 5.17. The van der Waals surface area contributed by atoms with E-state index >= 15 is 0 Å². The minimum atomic E-state index is -4.93. The predicted molar refractivity (Wildman–Crippen MR) is 120 cm³/mol. The van der Waals surface area contributed by atoms with Crippen LogP contribution in [0.15, 0.2) is 32.7 Å². The first kappa shape index (κ1) is 29.8. The molecule has 1 aromatic heterocycles. The number of carbonyl (C=O) groups is 1. The van der Waals surface area contributed by atoms with Crippen molar-refractivity contribution in [3.63, 3.8) is 0 Å². The van der Waals surface area contributed by atoms with Crippen LogP contribution < -0.4 is 10.3 Å². The summed E-state index contributed by atoms with van der Waals surface area (Å²) in [6.45, 7) is 6.47. The molecule has 10 nitrogen and oxygen atoms in total. The Morgan fingerprint density at radius 3 is 2.41 bits per heavy atom. The molecule has 1 atom stereocenters. The van der Waals surface area contributed by atoms with Gasteiger partial charge in [-0.2, -0.15) is 31.4 Å². The van der Waals surface area contributed by atoms with E-state index in [1.807, 2.05) is 0 Å². The number of rotatable bonds is 8. The number of hydrogen-bond acceptors (Lipinski definition) is 6. The van der Waals surface area contributed by atoms with Crippen LogP contribution in [-0.4, -0.2) is 90.3 Å². The van der Waals surface area contributed by atoms with E-state index in [0.29, 0.717) is 6.20 Å². The number of alkyl halides is 6. The molecule has 1 N–H and O–H groups in total. The molecule has 1 saturated heterocycles. The molecule has 0 unspecified atom stereocenters. The van der Waals surface area contributed by atoms with E-state index in [1.54, 1.807) is 10.00 Å². The van der Waals surface area contributed by atoms with Gasteiger partial charge in [-0.15, -0.1) is 0 Å². The number of halogens is 6. The number of aliphatic imine (C=N–C) groups is 2. The van der Waals surface area contributed by atoms with Crippen molar-refractivity contribution in [2.24, 2.45) is 9.98 Å². The summed E-state index contributed by atoms with van der Waals surface area (Å²) in [5, 5.41) is 5.00. The molecule has 0 bridgehead atoms. The van der Waals surface area contributed by atoms with Gasteiger partial charge in [0.15, 0.2) is 11.3 Å². The highest BCUT2D eigenvalue weighted by molar-refractivity contribution is 5.85. The molecule has 0 saturated carbocycles. The fourth-order valence-electron chi connectivity index (χ4n) is 3.13. The topological polar surface area (TPSA) is 112 Å². The van der Waals surface area contributed by atoms with E-state index in [2.05, 4.69) is 21.8 Å². The summed E-state index contributed by atoms with van der Waals surface area (Å²) in [4.78, 5) is 34.4. The highest BCUT2D eigenvalue weighted by Gasteiger charge is 2.38. The van der Waals surface area contributed by atoms with Crippen molar-refractivity contribution >= 4 is 18.6 Å². The first-order valence-corrected chi connectivity index (χ1v) is 10.9. The van der Waals surface area contributed by atoms with Gasteiger partial charge in [-0.3, -0.25) is 9.59 Å². The van der Waals surface area contributed by atoms with Gasteiger partial charge in [0.1, 0.15) is 6.61 Å². The Hall–Kier alpha value is -3.43. The van der Waals surface area contributed by atoms with Gasteiger partial charge in [0, 0.05) is 38.0 Å². The zero-order valence-corrected chi connectivity index (χ0v) is 20.0.